The van der Waals surface area contributed by atoms with Gasteiger partial charge < -0.3 is 108 Å². The van der Waals surface area contributed by atoms with E-state index >= 15 is 0 Å². The molecule has 37 nitrogen and oxygen atoms in total. The molecule has 0 saturated heterocycles. The average Bonchev–Trinajstić information content (AvgIpc) is 0.938. The number of primary amides is 1. The van der Waals surface area contributed by atoms with E-state index in [0.717, 1.165) is 0 Å². The van der Waals surface area contributed by atoms with Gasteiger partial charge in [0.15, 0.2) is 5.96 Å². The predicted molar refractivity (Wildman–Crippen MR) is 369 cm³/mol. The molecule has 1 heterocycles. The second kappa shape index (κ2) is 46.2. The van der Waals surface area contributed by atoms with Crippen LogP contribution in [0.3, 0.4) is 0 Å². The molecular weight excluding hydrogens is 1330 g/mol. The number of imidazole rings is 1. The van der Waals surface area contributed by atoms with Crippen molar-refractivity contribution in [3.63, 3.8) is 0 Å². The van der Waals surface area contributed by atoms with Crippen molar-refractivity contribution in [1.82, 2.24) is 73.8 Å². The number of aromatic amines is 1. The average molecular weight is 1440 g/mol. The Hall–Kier alpha value is -9.20. The third-order valence-electron chi connectivity index (χ3n) is 15.6. The van der Waals surface area contributed by atoms with Crippen LogP contribution in [0.2, 0.25) is 0 Å². The molecule has 0 aliphatic rings. The summed E-state index contributed by atoms with van der Waals surface area (Å²) in [6, 6.07) is -17.8. The van der Waals surface area contributed by atoms with Crippen molar-refractivity contribution >= 4 is 106 Å². The number of hydrogen-bond donors (Lipinski definition) is 20. The number of carbonyl (C=O) groups excluding carboxylic acids is 13. The molecule has 25 N–H and O–H groups in total. The van der Waals surface area contributed by atoms with E-state index in [1.54, 1.807) is 47.8 Å². The fraction of sp³-hybridized carbons (Fsp3) is 0.694. The van der Waals surface area contributed by atoms with Crippen LogP contribution in [0.25, 0.3) is 0 Å². The van der Waals surface area contributed by atoms with Crippen LogP contribution in [-0.2, 0) is 78.3 Å². The smallest absolute Gasteiger partial charge is 0.326 e. The van der Waals surface area contributed by atoms with E-state index in [2.05, 4.69) is 78.8 Å². The first-order valence-electron chi connectivity index (χ1n) is 33.2. The number of aliphatic imine (C=N–C) groups is 1. The summed E-state index contributed by atoms with van der Waals surface area (Å²) >= 11 is 1.31. The summed E-state index contributed by atoms with van der Waals surface area (Å²) in [7, 11) is 0. The first-order chi connectivity index (χ1) is 46.9. The molecule has 14 atom stereocenters. The van der Waals surface area contributed by atoms with Crippen molar-refractivity contribution in [3.05, 3.63) is 18.2 Å². The van der Waals surface area contributed by atoms with E-state index < -0.39 is 205 Å². The number of rotatable bonds is 49. The first-order valence-corrected chi connectivity index (χ1v) is 34.6. The number of hydrogen-bond acceptors (Lipinski definition) is 20. The highest BCUT2D eigenvalue weighted by Crippen LogP contribution is 2.15. The van der Waals surface area contributed by atoms with Crippen molar-refractivity contribution < 1.29 is 82.1 Å². The van der Waals surface area contributed by atoms with Gasteiger partial charge in [-0.25, -0.2) is 9.78 Å². The largest absolute Gasteiger partial charge is 0.481 e. The molecule has 0 aliphatic heterocycles. The molecule has 1 aromatic heterocycles. The Morgan fingerprint density at radius 3 is 1.41 bits per heavy atom. The highest BCUT2D eigenvalue weighted by molar-refractivity contribution is 7.98. The molecule has 0 unspecified atom stereocenters. The summed E-state index contributed by atoms with van der Waals surface area (Å²) in [5.41, 5.74) is 28.0. The van der Waals surface area contributed by atoms with E-state index in [0.29, 0.717) is 25.1 Å². The zero-order chi connectivity index (χ0) is 76.1. The number of guanidine groups is 1. The molecule has 0 radical (unpaired) electrons. The maximum Gasteiger partial charge on any atom is 0.326 e. The van der Waals surface area contributed by atoms with Gasteiger partial charge in [0, 0.05) is 37.7 Å². The van der Waals surface area contributed by atoms with Gasteiger partial charge >= 0.3 is 11.9 Å². The van der Waals surface area contributed by atoms with Crippen molar-refractivity contribution in [2.45, 2.75) is 231 Å². The molecule has 0 saturated carbocycles. The number of carbonyl (C=O) groups is 15. The van der Waals surface area contributed by atoms with Gasteiger partial charge in [-0.1, -0.05) is 48.0 Å². The van der Waals surface area contributed by atoms with Crippen LogP contribution in [0, 0.1) is 17.8 Å². The molecular formula is C62H108N20O17S. The zero-order valence-electron chi connectivity index (χ0n) is 58.9. The lowest BCUT2D eigenvalue weighted by Crippen LogP contribution is -2.61. The fourth-order valence-electron chi connectivity index (χ4n) is 9.52. The van der Waals surface area contributed by atoms with Crippen LogP contribution < -0.4 is 92.5 Å². The molecule has 564 valence electrons. The standard InChI is InChI=1S/C62H108N20O17S/c1-12-32(6)48(82-56(93)40(19-21-46(84)85)75-51(88)36(10)73-59(96)47(31(4)5)81-49(86)33(7)64)60(97)77-39(18-20-45(65)83)54(91)79-43(26-30(2)3)58(95)76-41(22-25-100-11)55(92)80-44(27-37-28-68-29-70-37)57(94)72-34(8)50(87)74-38(17-15-24-69-62(66)67)53(90)71-35(9)52(89)78-42(61(98)99)16-13-14-23-63/h28-36,38-44,47-48H,12-27,63-64H2,1-11H3,(H2,65,83)(H,68,70)(H,71,90)(H,72,94)(H,73,96)(H,74,87)(H,75,88)(H,76,95)(H,77,97)(H,78,89)(H,79,91)(H,80,92)(H,81,86)(H,82,93)(H,84,85)(H,98,99)(H4,66,67,69)/t32-,33-,34-,35-,36-,38-,39-,40-,41-,42-,43-,44-,47-,48-/m0/s1. The number of nitrogens with two attached hydrogens (primary N) is 5. The van der Waals surface area contributed by atoms with Crippen molar-refractivity contribution in [2.24, 2.45) is 51.4 Å². The van der Waals surface area contributed by atoms with Gasteiger partial charge in [-0.3, -0.25) is 72.1 Å². The Balaban J connectivity index is 3.57. The fourth-order valence-corrected chi connectivity index (χ4v) is 9.99. The summed E-state index contributed by atoms with van der Waals surface area (Å²) in [4.78, 5) is 213. The van der Waals surface area contributed by atoms with Gasteiger partial charge in [0.05, 0.1) is 12.4 Å². The number of nitrogens with zero attached hydrogens (tertiary/aromatic N) is 2. The normalized spacial score (nSPS) is 15.3. The Morgan fingerprint density at radius 2 is 0.940 bits per heavy atom. The number of carboxylic acids is 2. The van der Waals surface area contributed by atoms with Gasteiger partial charge in [-0.2, -0.15) is 11.8 Å². The van der Waals surface area contributed by atoms with E-state index in [1.165, 1.54) is 52.0 Å². The van der Waals surface area contributed by atoms with Crippen LogP contribution in [0.1, 0.15) is 152 Å². The minimum atomic E-state index is -1.62. The maximum atomic E-state index is 14.5. The van der Waals surface area contributed by atoms with Crippen LogP contribution in [0.15, 0.2) is 17.5 Å². The third kappa shape index (κ3) is 34.0. The van der Waals surface area contributed by atoms with Crippen LogP contribution in [-0.4, -0.2) is 219 Å². The first kappa shape index (κ1) is 88.8. The number of nitrogens with one attached hydrogen (secondary N) is 13. The number of unbranched alkanes of at least 4 members (excludes halogenated alkanes) is 1. The molecule has 0 bridgehead atoms. The molecule has 1 rings (SSSR count). The van der Waals surface area contributed by atoms with Crippen LogP contribution >= 0.6 is 11.8 Å². The Kier molecular flexibility index (Phi) is 41.0. The number of amides is 13. The van der Waals surface area contributed by atoms with Gasteiger partial charge in [-0.05, 0) is 122 Å². The van der Waals surface area contributed by atoms with E-state index in [4.69, 9.17) is 28.7 Å². The monoisotopic (exact) mass is 1440 g/mol. The number of H-pyrrole nitrogens is 1. The number of aliphatic carboxylic acids is 2. The lowest BCUT2D eigenvalue weighted by atomic mass is 9.96. The van der Waals surface area contributed by atoms with Crippen molar-refractivity contribution in [1.29, 1.82) is 0 Å². The van der Waals surface area contributed by atoms with Gasteiger partial charge in [0.1, 0.15) is 72.5 Å². The third-order valence-corrected chi connectivity index (χ3v) is 16.3. The second-order valence-electron chi connectivity index (χ2n) is 25.2. The lowest BCUT2D eigenvalue weighted by Gasteiger charge is -2.30. The van der Waals surface area contributed by atoms with Gasteiger partial charge in [0.2, 0.25) is 76.8 Å². The number of aromatic nitrogens is 2. The zero-order valence-corrected chi connectivity index (χ0v) is 59.7. The summed E-state index contributed by atoms with van der Waals surface area (Å²) in [5, 5.41) is 49.6. The van der Waals surface area contributed by atoms with Crippen molar-refractivity contribution in [3.8, 4) is 0 Å². The number of thioether (sulfide) groups is 1. The maximum absolute atomic E-state index is 14.5. The van der Waals surface area contributed by atoms with E-state index in [1.807, 2.05) is 0 Å². The molecule has 0 aliphatic carbocycles. The highest BCUT2D eigenvalue weighted by atomic mass is 32.2. The van der Waals surface area contributed by atoms with E-state index in [-0.39, 0.29) is 69.1 Å². The molecule has 13 amide bonds. The molecule has 0 fully saturated rings. The number of carboxylic acid groups (broad SMARTS) is 2. The SMILES string of the molecule is CC[C@H](C)[C@H](NC(=O)[C@H](CCC(=O)O)NC(=O)[C@H](C)NC(=O)[C@@H](NC(=O)[C@H](C)N)C(C)C)C(=O)N[C@@H](CCC(N)=O)C(=O)N[C@@H](CC(C)C)C(=O)N[C@@H](CCSC)C(=O)N[C@@H](Cc1cnc[nH]1)C(=O)N[C@@H](C)C(=O)N[C@@H](CCCN=C(N)N)C(=O)N[C@@H](C)C(=O)N[C@@H](CCCCN)C(=O)O. The second-order valence-corrected chi connectivity index (χ2v) is 26.2. The lowest BCUT2D eigenvalue weighted by molar-refractivity contribution is -0.142. The summed E-state index contributed by atoms with van der Waals surface area (Å²) in [6.07, 6.45) is 3.30. The predicted octanol–water partition coefficient (Wildman–Crippen LogP) is -4.92. The van der Waals surface area contributed by atoms with Crippen molar-refractivity contribution in [2.75, 3.05) is 25.1 Å². The minimum absolute atomic E-state index is 0.0269. The molecule has 0 spiro atoms. The Bertz CT molecular complexity index is 2930. The molecule has 0 aromatic carbocycles. The topological polar surface area (TPSA) is 612 Å². The molecule has 1 aromatic rings. The van der Waals surface area contributed by atoms with Gasteiger partial charge in [-0.15, -0.1) is 0 Å². The molecule has 100 heavy (non-hydrogen) atoms. The Labute approximate surface area is 586 Å². The summed E-state index contributed by atoms with van der Waals surface area (Å²) < 4.78 is 0. The molecule has 38 heteroatoms. The van der Waals surface area contributed by atoms with Crippen LogP contribution in [0.5, 0.6) is 0 Å². The summed E-state index contributed by atoms with van der Waals surface area (Å²) in [6.45, 7) is 15.6. The quantitative estimate of drug-likeness (QED) is 0.0165. The minimum Gasteiger partial charge on any atom is -0.481 e. The highest BCUT2D eigenvalue weighted by Gasteiger charge is 2.38. The van der Waals surface area contributed by atoms with E-state index in [9.17, 15) is 82.1 Å². The Morgan fingerprint density at radius 1 is 0.510 bits per heavy atom. The van der Waals surface area contributed by atoms with Gasteiger partial charge in [0.25, 0.3) is 0 Å². The summed E-state index contributed by atoms with van der Waals surface area (Å²) in [5.74, 6) is -15.6. The van der Waals surface area contributed by atoms with Crippen LogP contribution in [0.4, 0.5) is 0 Å².